The summed E-state index contributed by atoms with van der Waals surface area (Å²) in [6.07, 6.45) is 5.65. The largest absolute Gasteiger partial charge is 0.451 e. The van der Waals surface area contributed by atoms with E-state index in [4.69, 9.17) is 14.3 Å². The fraction of sp³-hybridized carbons (Fsp3) is 0.559. The molecule has 3 atom stereocenters. The lowest BCUT2D eigenvalue weighted by molar-refractivity contribution is -0.150. The molecule has 0 radical (unpaired) electrons. The Balaban J connectivity index is 1.65. The van der Waals surface area contributed by atoms with Crippen molar-refractivity contribution in [1.29, 1.82) is 0 Å². The molecule has 1 aromatic carbocycles. The third kappa shape index (κ3) is 8.95. The van der Waals surface area contributed by atoms with Crippen LogP contribution in [-0.2, 0) is 20.9 Å². The minimum absolute atomic E-state index is 0.00948. The summed E-state index contributed by atoms with van der Waals surface area (Å²) in [5.41, 5.74) is -0.689. The van der Waals surface area contributed by atoms with Crippen molar-refractivity contribution in [3.8, 4) is 5.75 Å². The lowest BCUT2D eigenvalue weighted by Gasteiger charge is -2.38. The van der Waals surface area contributed by atoms with Gasteiger partial charge < -0.3 is 29.1 Å². The molecule has 0 aliphatic carbocycles. The molecular formula is C34H44F2N4O7. The van der Waals surface area contributed by atoms with Gasteiger partial charge in [0.05, 0.1) is 11.8 Å². The summed E-state index contributed by atoms with van der Waals surface area (Å²) < 4.78 is 40.1. The summed E-state index contributed by atoms with van der Waals surface area (Å²) >= 11 is 0. The molecular weight excluding hydrogens is 614 g/mol. The number of carbonyl (C=O) groups excluding carboxylic acids is 3. The number of oxime groups is 1. The first-order chi connectivity index (χ1) is 22.4. The molecule has 0 spiro atoms. The van der Waals surface area contributed by atoms with Crippen molar-refractivity contribution in [2.45, 2.75) is 104 Å². The number of carbonyl (C=O) groups is 3. The average Bonchev–Trinajstić information content (AvgIpc) is 3.15. The molecule has 11 nitrogen and oxygen atoms in total. The van der Waals surface area contributed by atoms with Gasteiger partial charge in [0.25, 0.3) is 11.8 Å². The SMILES string of the molecule is CC(C)=NO[C@@H]1CC[C@H](C)N2C[C@H]1n1cc(C(=O)NCc3ccc(F)cc3F)c(=O)c(OCOC(=O)CCCCCC(C)C)c1C2=O. The Morgan fingerprint density at radius 3 is 2.57 bits per heavy atom. The van der Waals surface area contributed by atoms with Crippen LogP contribution in [0.4, 0.5) is 8.78 Å². The van der Waals surface area contributed by atoms with Crippen LogP contribution in [0.2, 0.25) is 0 Å². The fourth-order valence-corrected chi connectivity index (χ4v) is 5.77. The van der Waals surface area contributed by atoms with Gasteiger partial charge in [0.1, 0.15) is 23.3 Å². The predicted molar refractivity (Wildman–Crippen MR) is 170 cm³/mol. The van der Waals surface area contributed by atoms with E-state index in [0.29, 0.717) is 37.0 Å². The van der Waals surface area contributed by atoms with Crippen LogP contribution in [0.15, 0.2) is 34.3 Å². The van der Waals surface area contributed by atoms with Gasteiger partial charge in [-0.05, 0) is 52.0 Å². The molecule has 1 N–H and O–H groups in total. The minimum atomic E-state index is -0.904. The van der Waals surface area contributed by atoms with Gasteiger partial charge in [-0.2, -0.15) is 0 Å². The first-order valence-corrected chi connectivity index (χ1v) is 16.1. The molecule has 2 aliphatic rings. The Labute approximate surface area is 273 Å². The van der Waals surface area contributed by atoms with Crippen molar-refractivity contribution in [3.63, 3.8) is 0 Å². The smallest absolute Gasteiger partial charge is 0.308 e. The monoisotopic (exact) mass is 658 g/mol. The highest BCUT2D eigenvalue weighted by Crippen LogP contribution is 2.36. The highest BCUT2D eigenvalue weighted by atomic mass is 19.1. The van der Waals surface area contributed by atoms with Gasteiger partial charge in [0, 0.05) is 43.4 Å². The van der Waals surface area contributed by atoms with Crippen molar-refractivity contribution >= 4 is 23.5 Å². The van der Waals surface area contributed by atoms with Crippen molar-refractivity contribution in [3.05, 3.63) is 63.1 Å². The Bertz CT molecular complexity index is 1550. The maximum atomic E-state index is 14.3. The Kier molecular flexibility index (Phi) is 12.1. The van der Waals surface area contributed by atoms with Crippen LogP contribution < -0.4 is 15.5 Å². The third-order valence-corrected chi connectivity index (χ3v) is 8.38. The van der Waals surface area contributed by atoms with Crippen LogP contribution in [-0.4, -0.2) is 58.4 Å². The van der Waals surface area contributed by atoms with E-state index >= 15 is 0 Å². The van der Waals surface area contributed by atoms with E-state index in [9.17, 15) is 28.0 Å². The van der Waals surface area contributed by atoms with Crippen molar-refractivity contribution in [1.82, 2.24) is 14.8 Å². The summed E-state index contributed by atoms with van der Waals surface area (Å²) in [5.74, 6) is -3.35. The quantitative estimate of drug-likeness (QED) is 0.0933. The number of amides is 2. The predicted octanol–water partition coefficient (Wildman–Crippen LogP) is 5.50. The van der Waals surface area contributed by atoms with Gasteiger partial charge in [-0.3, -0.25) is 19.2 Å². The molecule has 13 heteroatoms. The standard InChI is InChI=1S/C34H44F2N4O7/c1-20(2)9-7-6-8-10-29(41)45-19-46-32-30-34(44)39-18-27(28(14-11-22(39)5)47-38-21(3)4)40(30)17-25(31(32)42)33(43)37-16-23-12-13-24(35)15-26(23)36/h12-13,15,17,20,22,27-28H,6-11,14,16,18-19H2,1-5H3,(H,37,43)/t22-,27+,28+/m0/s1. The zero-order chi connectivity index (χ0) is 34.2. The molecule has 256 valence electrons. The first-order valence-electron chi connectivity index (χ1n) is 16.1. The second-order valence-electron chi connectivity index (χ2n) is 12.8. The lowest BCUT2D eigenvalue weighted by atomic mass is 10.0. The zero-order valence-electron chi connectivity index (χ0n) is 27.6. The second-order valence-corrected chi connectivity index (χ2v) is 12.8. The second kappa shape index (κ2) is 16.0. The van der Waals surface area contributed by atoms with Crippen molar-refractivity contribution in [2.24, 2.45) is 11.1 Å². The van der Waals surface area contributed by atoms with Gasteiger partial charge in [-0.15, -0.1) is 0 Å². The molecule has 2 amide bonds. The number of ether oxygens (including phenoxy) is 2. The molecule has 1 aromatic heterocycles. The minimum Gasteiger partial charge on any atom is -0.451 e. The number of esters is 1. The number of halogens is 2. The number of rotatable bonds is 14. The highest BCUT2D eigenvalue weighted by molar-refractivity contribution is 5.99. The van der Waals surface area contributed by atoms with Gasteiger partial charge >= 0.3 is 5.97 Å². The molecule has 4 rings (SSSR count). The van der Waals surface area contributed by atoms with Crippen LogP contribution >= 0.6 is 0 Å². The highest BCUT2D eigenvalue weighted by Gasteiger charge is 2.44. The normalized spacial score (nSPS) is 18.7. The maximum absolute atomic E-state index is 14.3. The number of nitrogens with zero attached hydrogens (tertiary/aromatic N) is 3. The van der Waals surface area contributed by atoms with E-state index in [0.717, 1.165) is 25.3 Å². The number of pyridine rings is 1. The number of hydrogen-bond donors (Lipinski definition) is 1. The lowest BCUT2D eigenvalue weighted by Crippen LogP contribution is -2.49. The van der Waals surface area contributed by atoms with Crippen LogP contribution in [0.25, 0.3) is 0 Å². The van der Waals surface area contributed by atoms with E-state index < -0.39 is 59.5 Å². The summed E-state index contributed by atoms with van der Waals surface area (Å²) in [4.78, 5) is 61.1. The Hall–Kier alpha value is -4.29. The number of benzene rings is 1. The number of hydrogen-bond acceptors (Lipinski definition) is 8. The van der Waals surface area contributed by atoms with Crippen molar-refractivity contribution < 1.29 is 37.5 Å². The number of fused-ring (bicyclic) bond motifs is 4. The number of unbranched alkanes of at least 4 members (excludes halogenated alkanes) is 2. The summed E-state index contributed by atoms with van der Waals surface area (Å²) in [5, 5.41) is 6.65. The fourth-order valence-electron chi connectivity index (χ4n) is 5.77. The van der Waals surface area contributed by atoms with Gasteiger partial charge in [0.2, 0.25) is 18.0 Å². The molecule has 0 unspecified atom stereocenters. The molecule has 0 saturated carbocycles. The van der Waals surface area contributed by atoms with E-state index in [1.165, 1.54) is 16.8 Å². The maximum Gasteiger partial charge on any atom is 0.308 e. The summed E-state index contributed by atoms with van der Waals surface area (Å²) in [6.45, 7) is 9.00. The summed E-state index contributed by atoms with van der Waals surface area (Å²) in [6, 6.07) is 2.20. The number of aromatic nitrogens is 1. The van der Waals surface area contributed by atoms with Crippen molar-refractivity contribution in [2.75, 3.05) is 13.3 Å². The first kappa shape index (κ1) is 35.6. The molecule has 47 heavy (non-hydrogen) atoms. The molecule has 2 bridgehead atoms. The third-order valence-electron chi connectivity index (χ3n) is 8.38. The molecule has 2 aromatic rings. The Morgan fingerprint density at radius 1 is 1.11 bits per heavy atom. The van der Waals surface area contributed by atoms with Gasteiger partial charge in [0.15, 0.2) is 5.69 Å². The zero-order valence-corrected chi connectivity index (χ0v) is 27.6. The van der Waals surface area contributed by atoms with Crippen LogP contribution in [0.5, 0.6) is 5.75 Å². The van der Waals surface area contributed by atoms with Gasteiger partial charge in [-0.25, -0.2) is 8.78 Å². The molecule has 1 fully saturated rings. The van der Waals surface area contributed by atoms with E-state index in [1.807, 2.05) is 6.92 Å². The topological polar surface area (TPSA) is 129 Å². The number of nitrogens with one attached hydrogen (secondary N) is 1. The van der Waals surface area contributed by atoms with Crippen LogP contribution in [0.1, 0.15) is 112 Å². The molecule has 3 heterocycles. The molecule has 2 aliphatic heterocycles. The van der Waals surface area contributed by atoms with Gasteiger partial charge in [-0.1, -0.05) is 44.3 Å². The summed E-state index contributed by atoms with van der Waals surface area (Å²) in [7, 11) is 0. The average molecular weight is 659 g/mol. The van der Waals surface area contributed by atoms with E-state index in [-0.39, 0.29) is 42.4 Å². The molecule has 1 saturated heterocycles. The van der Waals surface area contributed by atoms with E-state index in [1.54, 1.807) is 18.7 Å². The van der Waals surface area contributed by atoms with Crippen LogP contribution in [0, 0.1) is 17.6 Å². The van der Waals surface area contributed by atoms with Crippen LogP contribution in [0.3, 0.4) is 0 Å². The van der Waals surface area contributed by atoms with E-state index in [2.05, 4.69) is 24.3 Å². The Morgan fingerprint density at radius 2 is 1.87 bits per heavy atom.